The smallest absolute Gasteiger partial charge is 0.338 e. The van der Waals surface area contributed by atoms with Crippen LogP contribution in [0.2, 0.25) is 0 Å². The molecule has 108 valence electrons. The van der Waals surface area contributed by atoms with Crippen molar-refractivity contribution in [2.75, 3.05) is 38.0 Å². The lowest BCUT2D eigenvalue weighted by Crippen LogP contribution is -2.30. The molecule has 4 nitrogen and oxygen atoms in total. The van der Waals surface area contributed by atoms with Crippen LogP contribution < -0.4 is 4.90 Å². The van der Waals surface area contributed by atoms with Gasteiger partial charge in [0.1, 0.15) is 0 Å². The van der Waals surface area contributed by atoms with Gasteiger partial charge in [0.15, 0.2) is 0 Å². The normalized spacial score (nSPS) is 15.1. The van der Waals surface area contributed by atoms with Gasteiger partial charge in [0.2, 0.25) is 0 Å². The Bertz CT molecular complexity index is 528. The van der Waals surface area contributed by atoms with Gasteiger partial charge in [-0.15, -0.1) is 11.8 Å². The molecule has 0 amide bonds. The highest BCUT2D eigenvalue weighted by Gasteiger charge is 2.21. The monoisotopic (exact) mass is 293 g/mol. The minimum Gasteiger partial charge on any atom is -0.478 e. The fraction of sp³-hybridized carbons (Fsp3) is 0.400. The number of hydrogen-bond acceptors (Lipinski definition) is 4. The molecule has 2 rings (SSSR count). The van der Waals surface area contributed by atoms with Gasteiger partial charge in [0.05, 0.1) is 17.9 Å². The zero-order valence-corrected chi connectivity index (χ0v) is 12.6. The van der Waals surface area contributed by atoms with Crippen LogP contribution in [0.3, 0.4) is 0 Å². The molecule has 1 aliphatic rings. The number of nitrogens with zero attached hydrogens (tertiary/aromatic N) is 1. The third kappa shape index (κ3) is 3.16. The van der Waals surface area contributed by atoms with Crippen LogP contribution in [0.15, 0.2) is 34.7 Å². The Balaban J connectivity index is 2.28. The second kappa shape index (κ2) is 6.81. The topological polar surface area (TPSA) is 49.8 Å². The molecule has 0 aromatic heterocycles. The lowest BCUT2D eigenvalue weighted by atomic mass is 10.1. The quantitative estimate of drug-likeness (QED) is 0.668. The molecule has 0 fully saturated rings. The van der Waals surface area contributed by atoms with Crippen molar-refractivity contribution in [3.05, 3.63) is 35.4 Å². The molecule has 20 heavy (non-hydrogen) atoms. The second-order valence-corrected chi connectivity index (χ2v) is 5.50. The minimum absolute atomic E-state index is 0.406. The Morgan fingerprint density at radius 1 is 1.50 bits per heavy atom. The lowest BCUT2D eigenvalue weighted by molar-refractivity contribution is 0.0694. The van der Waals surface area contributed by atoms with E-state index < -0.39 is 5.97 Å². The summed E-state index contributed by atoms with van der Waals surface area (Å²) in [6, 6.07) is 5.66. The molecule has 0 spiro atoms. The van der Waals surface area contributed by atoms with E-state index in [9.17, 15) is 9.90 Å². The van der Waals surface area contributed by atoms with Gasteiger partial charge in [0.25, 0.3) is 0 Å². The van der Waals surface area contributed by atoms with Gasteiger partial charge in [-0.2, -0.15) is 0 Å². The van der Waals surface area contributed by atoms with E-state index in [1.807, 2.05) is 24.5 Å². The molecule has 0 bridgehead atoms. The number of aromatic carboxylic acids is 1. The molecule has 1 aromatic rings. The number of carbonyl (C=O) groups is 1. The van der Waals surface area contributed by atoms with E-state index in [1.54, 1.807) is 7.11 Å². The maximum absolute atomic E-state index is 11.5. The maximum atomic E-state index is 11.5. The Hall–Kier alpha value is -1.46. The largest absolute Gasteiger partial charge is 0.478 e. The Morgan fingerprint density at radius 2 is 2.30 bits per heavy atom. The number of ether oxygens (including phenoxy) is 1. The van der Waals surface area contributed by atoms with Gasteiger partial charge in [-0.05, 0) is 30.4 Å². The van der Waals surface area contributed by atoms with Crippen molar-refractivity contribution in [3.8, 4) is 0 Å². The van der Waals surface area contributed by atoms with E-state index in [0.29, 0.717) is 12.2 Å². The highest BCUT2D eigenvalue weighted by molar-refractivity contribution is 7.98. The average Bonchev–Trinajstić information content (AvgIpc) is 2.47. The van der Waals surface area contributed by atoms with Gasteiger partial charge in [-0.3, -0.25) is 0 Å². The zero-order chi connectivity index (χ0) is 14.5. The SMILES string of the molecule is COCC1=CCN(c2cccc(SC)c2C(=O)O)CC1. The van der Waals surface area contributed by atoms with Gasteiger partial charge in [-0.25, -0.2) is 4.79 Å². The molecular formula is C15H19NO3S. The summed E-state index contributed by atoms with van der Waals surface area (Å²) >= 11 is 1.47. The second-order valence-electron chi connectivity index (χ2n) is 4.65. The molecule has 0 atom stereocenters. The van der Waals surface area contributed by atoms with Crippen LogP contribution in [0.4, 0.5) is 5.69 Å². The molecule has 0 saturated carbocycles. The Labute approximate surface area is 123 Å². The highest BCUT2D eigenvalue weighted by Crippen LogP contribution is 2.31. The number of hydrogen-bond donors (Lipinski definition) is 1. The van der Waals surface area contributed by atoms with Crippen LogP contribution in [0.5, 0.6) is 0 Å². The van der Waals surface area contributed by atoms with Gasteiger partial charge < -0.3 is 14.7 Å². The van der Waals surface area contributed by atoms with Crippen LogP contribution in [0.1, 0.15) is 16.8 Å². The van der Waals surface area contributed by atoms with Crippen LogP contribution in [-0.4, -0.2) is 44.1 Å². The summed E-state index contributed by atoms with van der Waals surface area (Å²) in [5.74, 6) is -0.864. The number of anilines is 1. The first kappa shape index (κ1) is 14.9. The predicted molar refractivity (Wildman–Crippen MR) is 82.0 cm³/mol. The molecule has 5 heteroatoms. The molecule has 0 unspecified atom stereocenters. The van der Waals surface area contributed by atoms with Crippen molar-refractivity contribution < 1.29 is 14.6 Å². The molecule has 1 aliphatic heterocycles. The minimum atomic E-state index is -0.864. The van der Waals surface area contributed by atoms with Gasteiger partial charge in [-0.1, -0.05) is 12.1 Å². The fourth-order valence-electron chi connectivity index (χ4n) is 2.41. The standard InChI is InChI=1S/C15H19NO3S/c1-19-10-11-6-8-16(9-7-11)12-4-3-5-13(20-2)14(12)15(17)18/h3-6H,7-10H2,1-2H3,(H,17,18). The summed E-state index contributed by atoms with van der Waals surface area (Å²) in [6.45, 7) is 2.22. The summed E-state index contributed by atoms with van der Waals surface area (Å²) < 4.78 is 5.14. The summed E-state index contributed by atoms with van der Waals surface area (Å²) in [4.78, 5) is 14.5. The molecule has 0 saturated heterocycles. The molecule has 0 aliphatic carbocycles. The predicted octanol–water partition coefficient (Wildman–Crippen LogP) is 2.89. The van der Waals surface area contributed by atoms with Gasteiger partial charge >= 0.3 is 5.97 Å². The summed E-state index contributed by atoms with van der Waals surface area (Å²) in [5.41, 5.74) is 2.49. The molecule has 1 heterocycles. The van der Waals surface area contributed by atoms with E-state index in [0.717, 1.165) is 30.1 Å². The van der Waals surface area contributed by atoms with E-state index in [-0.39, 0.29) is 0 Å². The van der Waals surface area contributed by atoms with Crippen molar-refractivity contribution in [2.45, 2.75) is 11.3 Å². The number of benzene rings is 1. The van der Waals surface area contributed by atoms with Crippen molar-refractivity contribution in [2.24, 2.45) is 0 Å². The maximum Gasteiger partial charge on any atom is 0.338 e. The Morgan fingerprint density at radius 3 is 2.85 bits per heavy atom. The number of thioether (sulfide) groups is 1. The fourth-order valence-corrected chi connectivity index (χ4v) is 3.03. The lowest BCUT2D eigenvalue weighted by Gasteiger charge is -2.30. The highest BCUT2D eigenvalue weighted by atomic mass is 32.2. The first-order valence-electron chi connectivity index (χ1n) is 6.49. The number of rotatable bonds is 5. The van der Waals surface area contributed by atoms with Crippen LogP contribution in [0, 0.1) is 0 Å². The van der Waals surface area contributed by atoms with Crippen molar-refractivity contribution in [1.29, 1.82) is 0 Å². The number of methoxy groups -OCH3 is 1. The summed E-state index contributed by atoms with van der Waals surface area (Å²) in [7, 11) is 1.69. The molecule has 0 radical (unpaired) electrons. The van der Waals surface area contributed by atoms with Crippen LogP contribution in [-0.2, 0) is 4.74 Å². The zero-order valence-electron chi connectivity index (χ0n) is 11.8. The van der Waals surface area contributed by atoms with E-state index in [1.165, 1.54) is 17.3 Å². The van der Waals surface area contributed by atoms with Crippen molar-refractivity contribution in [1.82, 2.24) is 0 Å². The molecule has 1 N–H and O–H groups in total. The Kier molecular flexibility index (Phi) is 5.09. The van der Waals surface area contributed by atoms with E-state index in [4.69, 9.17) is 4.74 Å². The molecular weight excluding hydrogens is 274 g/mol. The van der Waals surface area contributed by atoms with Crippen LogP contribution in [0.25, 0.3) is 0 Å². The number of carboxylic acids is 1. The summed E-state index contributed by atoms with van der Waals surface area (Å²) in [6.07, 6.45) is 4.94. The first-order chi connectivity index (χ1) is 9.67. The third-order valence-corrected chi connectivity index (χ3v) is 4.19. The third-order valence-electron chi connectivity index (χ3n) is 3.41. The molecule has 1 aromatic carbocycles. The summed E-state index contributed by atoms with van der Waals surface area (Å²) in [5, 5.41) is 9.47. The van der Waals surface area contributed by atoms with E-state index in [2.05, 4.69) is 11.0 Å². The van der Waals surface area contributed by atoms with E-state index >= 15 is 0 Å². The van der Waals surface area contributed by atoms with Gasteiger partial charge in [0, 0.05) is 25.1 Å². The van der Waals surface area contributed by atoms with Crippen molar-refractivity contribution in [3.63, 3.8) is 0 Å². The number of carboxylic acid groups (broad SMARTS) is 1. The first-order valence-corrected chi connectivity index (χ1v) is 7.72. The van der Waals surface area contributed by atoms with Crippen LogP contribution >= 0.6 is 11.8 Å². The van der Waals surface area contributed by atoms with Crippen molar-refractivity contribution >= 4 is 23.4 Å². The average molecular weight is 293 g/mol.